The second-order valence-electron chi connectivity index (χ2n) is 5.97. The summed E-state index contributed by atoms with van der Waals surface area (Å²) < 4.78 is 0. The van der Waals surface area contributed by atoms with Crippen LogP contribution in [0.3, 0.4) is 0 Å². The summed E-state index contributed by atoms with van der Waals surface area (Å²) in [6, 6.07) is 8.68. The Labute approximate surface area is 115 Å². The van der Waals surface area contributed by atoms with Crippen molar-refractivity contribution >= 4 is 5.69 Å². The number of aliphatic hydroxyl groups excluding tert-OH is 1. The van der Waals surface area contributed by atoms with E-state index in [0.717, 1.165) is 19.4 Å². The number of nitrogens with zero attached hydrogens (tertiary/aromatic N) is 1. The van der Waals surface area contributed by atoms with Crippen molar-refractivity contribution in [2.24, 2.45) is 0 Å². The molecule has 3 rings (SSSR count). The molecule has 1 aromatic carbocycles. The molecule has 1 saturated carbocycles. The van der Waals surface area contributed by atoms with Gasteiger partial charge in [-0.2, -0.15) is 0 Å². The quantitative estimate of drug-likeness (QED) is 0.852. The van der Waals surface area contributed by atoms with Crippen molar-refractivity contribution in [1.82, 2.24) is 5.32 Å². The van der Waals surface area contributed by atoms with Crippen molar-refractivity contribution in [3.8, 4) is 0 Å². The molecule has 2 fully saturated rings. The Morgan fingerprint density at radius 3 is 2.47 bits per heavy atom. The Hall–Kier alpha value is -1.06. The average Bonchev–Trinajstić information content (AvgIpc) is 2.92. The first-order valence-electron chi connectivity index (χ1n) is 7.52. The van der Waals surface area contributed by atoms with E-state index in [2.05, 4.69) is 34.5 Å². The Balaban J connectivity index is 1.70. The summed E-state index contributed by atoms with van der Waals surface area (Å²) in [6.45, 7) is 3.50. The Morgan fingerprint density at radius 2 is 1.84 bits per heavy atom. The second kappa shape index (κ2) is 5.51. The van der Waals surface area contributed by atoms with Gasteiger partial charge in [-0.25, -0.2) is 0 Å². The fourth-order valence-electron chi connectivity index (χ4n) is 3.20. The highest BCUT2D eigenvalue weighted by atomic mass is 16.3. The van der Waals surface area contributed by atoms with Crippen LogP contribution in [0.1, 0.15) is 37.7 Å². The summed E-state index contributed by atoms with van der Waals surface area (Å²) in [5, 5.41) is 13.1. The van der Waals surface area contributed by atoms with E-state index in [9.17, 15) is 5.11 Å². The van der Waals surface area contributed by atoms with Crippen molar-refractivity contribution in [3.63, 3.8) is 0 Å². The predicted octanol–water partition coefficient (Wildman–Crippen LogP) is 2.29. The standard InChI is InChI=1S/C16H24N2O/c19-13-16(8-5-9-16)17-12-14-6-1-2-7-15(14)18-10-3-4-11-18/h1-2,6-7,17,19H,3-5,8-13H2. The molecule has 1 saturated heterocycles. The summed E-state index contributed by atoms with van der Waals surface area (Å²) in [5.74, 6) is 0. The summed E-state index contributed by atoms with van der Waals surface area (Å²) in [6.07, 6.45) is 6.07. The molecular formula is C16H24N2O. The van der Waals surface area contributed by atoms with Crippen LogP contribution in [0.25, 0.3) is 0 Å². The van der Waals surface area contributed by atoms with Crippen molar-refractivity contribution in [1.29, 1.82) is 0 Å². The van der Waals surface area contributed by atoms with E-state index in [0.29, 0.717) is 0 Å². The number of anilines is 1. The van der Waals surface area contributed by atoms with Crippen molar-refractivity contribution in [3.05, 3.63) is 29.8 Å². The van der Waals surface area contributed by atoms with Crippen molar-refractivity contribution in [2.75, 3.05) is 24.6 Å². The molecule has 2 aliphatic rings. The van der Waals surface area contributed by atoms with Crippen molar-refractivity contribution in [2.45, 2.75) is 44.2 Å². The highest BCUT2D eigenvalue weighted by molar-refractivity contribution is 5.54. The molecule has 0 spiro atoms. The van der Waals surface area contributed by atoms with E-state index in [-0.39, 0.29) is 12.1 Å². The minimum atomic E-state index is -0.00186. The van der Waals surface area contributed by atoms with Gasteiger partial charge < -0.3 is 15.3 Å². The van der Waals surface area contributed by atoms with Gasteiger partial charge in [-0.3, -0.25) is 0 Å². The molecule has 0 bridgehead atoms. The number of para-hydroxylation sites is 1. The smallest absolute Gasteiger partial charge is 0.0613 e. The van der Waals surface area contributed by atoms with Crippen LogP contribution in [0.5, 0.6) is 0 Å². The Bertz CT molecular complexity index is 417. The lowest BCUT2D eigenvalue weighted by Crippen LogP contribution is -2.53. The zero-order chi connectivity index (χ0) is 13.1. The topological polar surface area (TPSA) is 35.5 Å². The van der Waals surface area contributed by atoms with Crippen LogP contribution >= 0.6 is 0 Å². The number of rotatable bonds is 5. The van der Waals surface area contributed by atoms with E-state index in [1.54, 1.807) is 0 Å². The minimum absolute atomic E-state index is 0.00186. The molecule has 1 aromatic rings. The monoisotopic (exact) mass is 260 g/mol. The summed E-state index contributed by atoms with van der Waals surface area (Å²) in [4.78, 5) is 2.49. The number of aliphatic hydroxyl groups is 1. The normalized spacial score (nSPS) is 21.4. The number of hydrogen-bond donors (Lipinski definition) is 2. The predicted molar refractivity (Wildman–Crippen MR) is 78.4 cm³/mol. The SMILES string of the molecule is OCC1(NCc2ccccc2N2CCCC2)CCC1. The van der Waals surface area contributed by atoms with Crippen molar-refractivity contribution < 1.29 is 5.11 Å². The van der Waals surface area contributed by atoms with Crippen LogP contribution < -0.4 is 10.2 Å². The third-order valence-corrected chi connectivity index (χ3v) is 4.71. The van der Waals surface area contributed by atoms with E-state index >= 15 is 0 Å². The number of hydrogen-bond acceptors (Lipinski definition) is 3. The molecule has 1 aliphatic carbocycles. The fourth-order valence-corrected chi connectivity index (χ4v) is 3.20. The lowest BCUT2D eigenvalue weighted by Gasteiger charge is -2.41. The van der Waals surface area contributed by atoms with Gasteiger partial charge >= 0.3 is 0 Å². The molecule has 1 aliphatic heterocycles. The third kappa shape index (κ3) is 2.63. The molecule has 0 radical (unpaired) electrons. The van der Waals surface area contributed by atoms with Gasteiger partial charge in [0.25, 0.3) is 0 Å². The maximum Gasteiger partial charge on any atom is 0.0613 e. The lowest BCUT2D eigenvalue weighted by molar-refractivity contribution is 0.0872. The zero-order valence-electron chi connectivity index (χ0n) is 11.6. The molecule has 1 heterocycles. The average molecular weight is 260 g/mol. The molecule has 0 amide bonds. The lowest BCUT2D eigenvalue weighted by atomic mass is 9.77. The molecule has 0 atom stereocenters. The van der Waals surface area contributed by atoms with Crippen LogP contribution in [0.15, 0.2) is 24.3 Å². The van der Waals surface area contributed by atoms with Crippen LogP contribution in [0, 0.1) is 0 Å². The Morgan fingerprint density at radius 1 is 1.11 bits per heavy atom. The summed E-state index contributed by atoms with van der Waals surface area (Å²) in [5.41, 5.74) is 2.74. The van der Waals surface area contributed by atoms with E-state index in [4.69, 9.17) is 0 Å². The fraction of sp³-hybridized carbons (Fsp3) is 0.625. The molecule has 0 unspecified atom stereocenters. The molecule has 3 nitrogen and oxygen atoms in total. The van der Waals surface area contributed by atoms with E-state index in [1.807, 2.05) is 0 Å². The molecule has 0 aromatic heterocycles. The first kappa shape index (κ1) is 12.9. The molecule has 2 N–H and O–H groups in total. The first-order chi connectivity index (χ1) is 9.33. The number of benzene rings is 1. The van der Waals surface area contributed by atoms with Crippen LogP contribution in [-0.2, 0) is 6.54 Å². The summed E-state index contributed by atoms with van der Waals surface area (Å²) >= 11 is 0. The maximum absolute atomic E-state index is 9.52. The van der Waals surface area contributed by atoms with E-state index < -0.39 is 0 Å². The highest BCUT2D eigenvalue weighted by Gasteiger charge is 2.35. The van der Waals surface area contributed by atoms with Gasteiger partial charge in [0.1, 0.15) is 0 Å². The van der Waals surface area contributed by atoms with Gasteiger partial charge in [0, 0.05) is 30.9 Å². The van der Waals surface area contributed by atoms with Gasteiger partial charge in [-0.05, 0) is 43.7 Å². The zero-order valence-corrected chi connectivity index (χ0v) is 11.6. The van der Waals surface area contributed by atoms with Gasteiger partial charge in [0.15, 0.2) is 0 Å². The molecule has 3 heteroatoms. The number of nitrogens with one attached hydrogen (secondary N) is 1. The Kier molecular flexibility index (Phi) is 3.76. The minimum Gasteiger partial charge on any atom is -0.394 e. The van der Waals surface area contributed by atoms with E-state index in [1.165, 1.54) is 43.6 Å². The third-order valence-electron chi connectivity index (χ3n) is 4.71. The highest BCUT2D eigenvalue weighted by Crippen LogP contribution is 2.32. The molecular weight excluding hydrogens is 236 g/mol. The first-order valence-corrected chi connectivity index (χ1v) is 7.52. The molecule has 104 valence electrons. The van der Waals surface area contributed by atoms with Gasteiger partial charge in [0.05, 0.1) is 6.61 Å². The maximum atomic E-state index is 9.52. The summed E-state index contributed by atoms with van der Waals surface area (Å²) in [7, 11) is 0. The van der Waals surface area contributed by atoms with Gasteiger partial charge in [-0.15, -0.1) is 0 Å². The van der Waals surface area contributed by atoms with Gasteiger partial charge in [-0.1, -0.05) is 18.2 Å². The van der Waals surface area contributed by atoms with Crippen LogP contribution in [0.4, 0.5) is 5.69 Å². The van der Waals surface area contributed by atoms with Crippen LogP contribution in [0.2, 0.25) is 0 Å². The largest absolute Gasteiger partial charge is 0.394 e. The van der Waals surface area contributed by atoms with Gasteiger partial charge in [0.2, 0.25) is 0 Å². The second-order valence-corrected chi connectivity index (χ2v) is 5.97. The molecule has 19 heavy (non-hydrogen) atoms. The van der Waals surface area contributed by atoms with Crippen LogP contribution in [-0.4, -0.2) is 30.3 Å².